The molecule has 0 atom stereocenters. The van der Waals surface area contributed by atoms with E-state index in [0.717, 1.165) is 4.88 Å². The molecular weight excluding hydrogens is 420 g/mol. The van der Waals surface area contributed by atoms with Gasteiger partial charge in [-0.15, -0.1) is 11.3 Å². The van der Waals surface area contributed by atoms with Crippen molar-refractivity contribution in [3.05, 3.63) is 51.4 Å². The number of aromatic nitrogens is 4. The highest BCUT2D eigenvalue weighted by atomic mass is 32.1. The van der Waals surface area contributed by atoms with Gasteiger partial charge in [0.15, 0.2) is 0 Å². The number of thiophene rings is 1. The van der Waals surface area contributed by atoms with Gasteiger partial charge >= 0.3 is 0 Å². The molecule has 1 fully saturated rings. The lowest BCUT2D eigenvalue weighted by Gasteiger charge is -2.33. The standard InChI is InChI=1S/C20H20N6O4S/c1-12-15(16-18(29-12)21-11-24(2)19(16)27)20(28)26-7-5-25(6-8-26)10-14-22-17(23-30-14)13-4-3-9-31-13/h3-4,9,11H,5-8,10H2,1-2H3. The summed E-state index contributed by atoms with van der Waals surface area (Å²) in [5.41, 5.74) is 0.206. The Morgan fingerprint density at radius 1 is 1.26 bits per heavy atom. The molecule has 11 heteroatoms. The van der Waals surface area contributed by atoms with Gasteiger partial charge in [0.25, 0.3) is 11.5 Å². The predicted octanol–water partition coefficient (Wildman–Crippen LogP) is 1.90. The van der Waals surface area contributed by atoms with E-state index in [9.17, 15) is 9.59 Å². The van der Waals surface area contributed by atoms with Gasteiger partial charge in [-0.1, -0.05) is 11.2 Å². The summed E-state index contributed by atoms with van der Waals surface area (Å²) in [4.78, 5) is 39.2. The second kappa shape index (κ2) is 7.75. The Balaban J connectivity index is 1.27. The third-order valence-corrected chi connectivity index (χ3v) is 6.26. The summed E-state index contributed by atoms with van der Waals surface area (Å²) in [6.45, 7) is 4.58. The van der Waals surface area contributed by atoms with Gasteiger partial charge in [-0.05, 0) is 18.4 Å². The fourth-order valence-corrected chi connectivity index (χ4v) is 4.38. The monoisotopic (exact) mass is 440 g/mol. The number of amides is 1. The Morgan fingerprint density at radius 3 is 2.81 bits per heavy atom. The summed E-state index contributed by atoms with van der Waals surface area (Å²) in [6, 6.07) is 3.90. The first-order chi connectivity index (χ1) is 15.0. The smallest absolute Gasteiger partial charge is 0.265 e. The molecule has 0 aliphatic carbocycles. The van der Waals surface area contributed by atoms with Gasteiger partial charge < -0.3 is 18.4 Å². The van der Waals surface area contributed by atoms with Crippen molar-refractivity contribution in [2.45, 2.75) is 13.5 Å². The van der Waals surface area contributed by atoms with Crippen molar-refractivity contribution < 1.29 is 13.7 Å². The van der Waals surface area contributed by atoms with Crippen molar-refractivity contribution in [3.63, 3.8) is 0 Å². The SMILES string of the molecule is Cc1oc2ncn(C)c(=O)c2c1C(=O)N1CCN(Cc2nc(-c3cccs3)no2)CC1. The van der Waals surface area contributed by atoms with Crippen LogP contribution >= 0.6 is 11.3 Å². The molecular formula is C20H20N6O4S. The van der Waals surface area contributed by atoms with Crippen LogP contribution in [0, 0.1) is 6.92 Å². The van der Waals surface area contributed by atoms with Crippen molar-refractivity contribution in [1.82, 2.24) is 29.5 Å². The van der Waals surface area contributed by atoms with Crippen LogP contribution in [0.5, 0.6) is 0 Å². The highest BCUT2D eigenvalue weighted by molar-refractivity contribution is 7.13. The van der Waals surface area contributed by atoms with Crippen LogP contribution in [0.25, 0.3) is 21.8 Å². The van der Waals surface area contributed by atoms with E-state index in [-0.39, 0.29) is 22.6 Å². The van der Waals surface area contributed by atoms with Gasteiger partial charge in [0.05, 0.1) is 17.0 Å². The number of hydrogen-bond acceptors (Lipinski definition) is 9. The van der Waals surface area contributed by atoms with Crippen molar-refractivity contribution in [3.8, 4) is 10.7 Å². The summed E-state index contributed by atoms with van der Waals surface area (Å²) >= 11 is 1.56. The van der Waals surface area contributed by atoms with Crippen LogP contribution in [-0.2, 0) is 13.6 Å². The number of furan rings is 1. The lowest BCUT2D eigenvalue weighted by atomic mass is 10.1. The van der Waals surface area contributed by atoms with Crippen LogP contribution in [0.2, 0.25) is 0 Å². The average molecular weight is 440 g/mol. The maximum Gasteiger partial charge on any atom is 0.265 e. The number of hydrogen-bond donors (Lipinski definition) is 0. The maximum absolute atomic E-state index is 13.2. The molecule has 0 aromatic carbocycles. The van der Waals surface area contributed by atoms with E-state index in [0.29, 0.717) is 55.8 Å². The number of fused-ring (bicyclic) bond motifs is 1. The van der Waals surface area contributed by atoms with Crippen LogP contribution in [0.3, 0.4) is 0 Å². The highest BCUT2D eigenvalue weighted by Crippen LogP contribution is 2.24. The Labute approximate surface area is 180 Å². The van der Waals surface area contributed by atoms with Gasteiger partial charge in [0.2, 0.25) is 17.4 Å². The molecule has 0 unspecified atom stereocenters. The average Bonchev–Trinajstić information content (AvgIpc) is 3.51. The fourth-order valence-electron chi connectivity index (χ4n) is 3.73. The van der Waals surface area contributed by atoms with Gasteiger partial charge in [0.1, 0.15) is 17.5 Å². The van der Waals surface area contributed by atoms with Crippen molar-refractivity contribution >= 4 is 28.3 Å². The van der Waals surface area contributed by atoms with Crippen LogP contribution in [0.1, 0.15) is 22.0 Å². The largest absolute Gasteiger partial charge is 0.442 e. The first-order valence-electron chi connectivity index (χ1n) is 9.84. The molecule has 5 heterocycles. The third-order valence-electron chi connectivity index (χ3n) is 5.39. The van der Waals surface area contributed by atoms with Crippen molar-refractivity contribution in [2.24, 2.45) is 7.05 Å². The molecule has 4 aromatic heterocycles. The Bertz CT molecular complexity index is 1300. The number of carbonyl (C=O) groups excluding carboxylic acids is 1. The first kappa shape index (κ1) is 19.6. The number of nitrogens with zero attached hydrogens (tertiary/aromatic N) is 6. The van der Waals surface area contributed by atoms with E-state index in [1.807, 2.05) is 17.5 Å². The minimum absolute atomic E-state index is 0.195. The van der Waals surface area contributed by atoms with Crippen LogP contribution in [0.15, 0.2) is 37.6 Å². The zero-order chi connectivity index (χ0) is 21.5. The molecule has 1 amide bonds. The summed E-state index contributed by atoms with van der Waals surface area (Å²) < 4.78 is 12.3. The first-order valence-corrected chi connectivity index (χ1v) is 10.7. The number of rotatable bonds is 4. The van der Waals surface area contributed by atoms with E-state index in [1.54, 1.807) is 30.2 Å². The van der Waals surface area contributed by atoms with Crippen molar-refractivity contribution in [1.29, 1.82) is 0 Å². The van der Waals surface area contributed by atoms with Gasteiger partial charge in [-0.3, -0.25) is 14.5 Å². The lowest BCUT2D eigenvalue weighted by Crippen LogP contribution is -2.48. The number of carbonyl (C=O) groups is 1. The summed E-state index contributed by atoms with van der Waals surface area (Å²) in [5, 5.41) is 6.25. The van der Waals surface area contributed by atoms with E-state index >= 15 is 0 Å². The van der Waals surface area contributed by atoms with Crippen LogP contribution in [0.4, 0.5) is 0 Å². The lowest BCUT2D eigenvalue weighted by molar-refractivity contribution is 0.0615. The van der Waals surface area contributed by atoms with Crippen molar-refractivity contribution in [2.75, 3.05) is 26.2 Å². The molecule has 1 aliphatic rings. The topological polar surface area (TPSA) is 110 Å². The molecule has 1 aliphatic heterocycles. The minimum atomic E-state index is -0.290. The molecule has 0 bridgehead atoms. The molecule has 0 spiro atoms. The van der Waals surface area contributed by atoms with Gasteiger partial charge in [0, 0.05) is 33.2 Å². The summed E-state index contributed by atoms with van der Waals surface area (Å²) in [6.07, 6.45) is 1.39. The Kier molecular flexibility index (Phi) is 4.91. The summed E-state index contributed by atoms with van der Waals surface area (Å²) in [7, 11) is 1.60. The molecule has 5 rings (SSSR count). The van der Waals surface area contributed by atoms with E-state index in [2.05, 4.69) is 20.0 Å². The normalized spacial score (nSPS) is 15.1. The molecule has 4 aromatic rings. The van der Waals surface area contributed by atoms with E-state index in [4.69, 9.17) is 8.94 Å². The van der Waals surface area contributed by atoms with Gasteiger partial charge in [-0.25, -0.2) is 4.98 Å². The van der Waals surface area contributed by atoms with Crippen LogP contribution in [-0.4, -0.2) is 61.6 Å². The van der Waals surface area contributed by atoms with Crippen LogP contribution < -0.4 is 5.56 Å². The second-order valence-electron chi connectivity index (χ2n) is 7.43. The fraction of sp³-hybridized carbons (Fsp3) is 0.350. The third kappa shape index (κ3) is 3.55. The number of aryl methyl sites for hydroxylation is 2. The zero-order valence-corrected chi connectivity index (χ0v) is 17.9. The Hall–Kier alpha value is -3.31. The summed E-state index contributed by atoms with van der Waals surface area (Å²) in [5.74, 6) is 1.34. The highest BCUT2D eigenvalue weighted by Gasteiger charge is 2.29. The quantitative estimate of drug-likeness (QED) is 0.473. The number of piperazine rings is 1. The maximum atomic E-state index is 13.2. The molecule has 160 valence electrons. The Morgan fingerprint density at radius 2 is 2.06 bits per heavy atom. The van der Waals surface area contributed by atoms with E-state index < -0.39 is 0 Å². The van der Waals surface area contributed by atoms with E-state index in [1.165, 1.54) is 10.9 Å². The molecule has 0 radical (unpaired) electrons. The molecule has 31 heavy (non-hydrogen) atoms. The molecule has 10 nitrogen and oxygen atoms in total. The molecule has 1 saturated heterocycles. The molecule has 0 saturated carbocycles. The minimum Gasteiger partial charge on any atom is -0.442 e. The van der Waals surface area contributed by atoms with Gasteiger partial charge in [-0.2, -0.15) is 4.98 Å². The zero-order valence-electron chi connectivity index (χ0n) is 17.1. The second-order valence-corrected chi connectivity index (χ2v) is 8.38. The predicted molar refractivity (Wildman–Crippen MR) is 113 cm³/mol. The molecule has 0 N–H and O–H groups in total.